The Balaban J connectivity index is 1.92. The van der Waals surface area contributed by atoms with Crippen LogP contribution >= 0.6 is 11.8 Å². The molecule has 0 aliphatic rings. The number of hydrogen-bond donors (Lipinski definition) is 0. The van der Waals surface area contributed by atoms with Crippen molar-refractivity contribution < 1.29 is 32.5 Å². The number of thioether (sulfide) groups is 1. The molecule has 2 rings (SSSR count). The SMILES string of the molecule is COCO[C@H](COc1ccc(C(F)(F)F)cc1)CSc1ccc([O])c(C)c1. The van der Waals surface area contributed by atoms with Gasteiger partial charge in [-0.1, -0.05) is 0 Å². The molecule has 0 N–H and O–H groups in total. The van der Waals surface area contributed by atoms with Crippen LogP contribution in [0.3, 0.4) is 0 Å². The number of benzene rings is 2. The van der Waals surface area contributed by atoms with Gasteiger partial charge in [-0.3, -0.25) is 5.11 Å². The molecule has 27 heavy (non-hydrogen) atoms. The first kappa shape index (κ1) is 21.4. The summed E-state index contributed by atoms with van der Waals surface area (Å²) in [7, 11) is 1.50. The first-order valence-electron chi connectivity index (χ1n) is 8.10. The molecular formula is C19H20F3O4S. The second-order valence-corrected chi connectivity index (χ2v) is 6.86. The van der Waals surface area contributed by atoms with E-state index in [2.05, 4.69) is 0 Å². The Labute approximate surface area is 160 Å². The van der Waals surface area contributed by atoms with Gasteiger partial charge in [0.15, 0.2) is 5.75 Å². The molecule has 0 saturated heterocycles. The molecule has 0 fully saturated rings. The zero-order chi connectivity index (χ0) is 19.9. The summed E-state index contributed by atoms with van der Waals surface area (Å²) >= 11 is 1.49. The van der Waals surface area contributed by atoms with Gasteiger partial charge in [-0.15, -0.1) is 11.8 Å². The minimum Gasteiger partial charge on any atom is -0.491 e. The van der Waals surface area contributed by atoms with Crippen molar-refractivity contribution in [2.24, 2.45) is 0 Å². The van der Waals surface area contributed by atoms with Gasteiger partial charge in [0.25, 0.3) is 0 Å². The minimum atomic E-state index is -4.38. The molecular weight excluding hydrogens is 381 g/mol. The van der Waals surface area contributed by atoms with E-state index >= 15 is 0 Å². The van der Waals surface area contributed by atoms with Gasteiger partial charge in [-0.05, 0) is 55.0 Å². The molecule has 0 aliphatic carbocycles. The lowest BCUT2D eigenvalue weighted by Gasteiger charge is -2.18. The number of rotatable bonds is 9. The molecule has 1 radical (unpaired) electrons. The molecule has 0 unspecified atom stereocenters. The Hall–Kier alpha value is -1.90. The average Bonchev–Trinajstić information content (AvgIpc) is 2.63. The van der Waals surface area contributed by atoms with E-state index in [9.17, 15) is 18.3 Å². The largest absolute Gasteiger partial charge is 0.491 e. The van der Waals surface area contributed by atoms with Gasteiger partial charge in [0.2, 0.25) is 0 Å². The molecule has 2 aromatic rings. The van der Waals surface area contributed by atoms with Crippen LogP contribution in [-0.2, 0) is 20.8 Å². The minimum absolute atomic E-state index is 0.0165. The molecule has 0 amide bonds. The van der Waals surface area contributed by atoms with Gasteiger partial charge in [-0.25, -0.2) is 0 Å². The highest BCUT2D eigenvalue weighted by atomic mass is 32.2. The molecule has 0 aliphatic heterocycles. The fourth-order valence-electron chi connectivity index (χ4n) is 2.14. The quantitative estimate of drug-likeness (QED) is 0.422. The zero-order valence-corrected chi connectivity index (χ0v) is 15.7. The Morgan fingerprint density at radius 2 is 1.81 bits per heavy atom. The van der Waals surface area contributed by atoms with Crippen molar-refractivity contribution >= 4 is 11.8 Å². The zero-order valence-electron chi connectivity index (χ0n) is 14.9. The molecule has 0 saturated carbocycles. The molecule has 147 valence electrons. The third-order valence-electron chi connectivity index (χ3n) is 3.62. The monoisotopic (exact) mass is 401 g/mol. The van der Waals surface area contributed by atoms with E-state index in [-0.39, 0.29) is 25.3 Å². The van der Waals surface area contributed by atoms with Gasteiger partial charge < -0.3 is 14.2 Å². The van der Waals surface area contributed by atoms with E-state index in [4.69, 9.17) is 14.2 Å². The van der Waals surface area contributed by atoms with Crippen molar-refractivity contribution in [3.05, 3.63) is 53.6 Å². The van der Waals surface area contributed by atoms with Crippen LogP contribution in [0.2, 0.25) is 0 Å². The standard InChI is InChI=1S/C19H20F3O4S/c1-13-9-17(7-8-18(13)23)27-11-16(26-12-24-2)10-25-15-5-3-14(4-6-15)19(20,21)22/h3-9,16H,10-12H2,1-2H3/t16-/m1/s1. The maximum atomic E-state index is 12.6. The average molecular weight is 401 g/mol. The Bertz CT molecular complexity index is 720. The second-order valence-electron chi connectivity index (χ2n) is 5.77. The van der Waals surface area contributed by atoms with Gasteiger partial charge in [0.1, 0.15) is 25.3 Å². The van der Waals surface area contributed by atoms with Crippen molar-refractivity contribution in [1.29, 1.82) is 0 Å². The fourth-order valence-corrected chi connectivity index (χ4v) is 3.13. The topological polar surface area (TPSA) is 47.6 Å². The highest BCUT2D eigenvalue weighted by Crippen LogP contribution is 2.30. The molecule has 8 heteroatoms. The third kappa shape index (κ3) is 6.97. The molecule has 0 bridgehead atoms. The lowest BCUT2D eigenvalue weighted by atomic mass is 10.2. The Morgan fingerprint density at radius 3 is 2.41 bits per heavy atom. The van der Waals surface area contributed by atoms with Gasteiger partial charge >= 0.3 is 6.18 Å². The van der Waals surface area contributed by atoms with E-state index in [1.807, 2.05) is 0 Å². The Morgan fingerprint density at radius 1 is 1.11 bits per heavy atom. The summed E-state index contributed by atoms with van der Waals surface area (Å²) in [5.41, 5.74) is -0.0647. The lowest BCUT2D eigenvalue weighted by molar-refractivity contribution is -0.137. The van der Waals surface area contributed by atoms with E-state index in [0.29, 0.717) is 17.1 Å². The number of aryl methyl sites for hydroxylation is 1. The second kappa shape index (κ2) is 9.87. The predicted molar refractivity (Wildman–Crippen MR) is 95.7 cm³/mol. The summed E-state index contributed by atoms with van der Waals surface area (Å²) in [5.74, 6) is 0.837. The van der Waals surface area contributed by atoms with Gasteiger partial charge in [0, 0.05) is 17.8 Å². The molecule has 0 heterocycles. The van der Waals surface area contributed by atoms with Crippen LogP contribution in [0, 0.1) is 6.92 Å². The van der Waals surface area contributed by atoms with Crippen molar-refractivity contribution in [3.8, 4) is 11.5 Å². The van der Waals surface area contributed by atoms with Crippen LogP contribution in [0.5, 0.6) is 11.5 Å². The number of ether oxygens (including phenoxy) is 3. The van der Waals surface area contributed by atoms with E-state index in [0.717, 1.165) is 17.0 Å². The number of hydrogen-bond acceptors (Lipinski definition) is 4. The molecule has 0 aromatic heterocycles. The van der Waals surface area contributed by atoms with Crippen LogP contribution in [-0.4, -0.2) is 32.4 Å². The molecule has 2 aromatic carbocycles. The molecule has 0 spiro atoms. The summed E-state index contributed by atoms with van der Waals surface area (Å²) in [6, 6.07) is 9.56. The summed E-state index contributed by atoms with van der Waals surface area (Å²) in [6.45, 7) is 1.97. The fraction of sp³-hybridized carbons (Fsp3) is 0.368. The lowest BCUT2D eigenvalue weighted by Crippen LogP contribution is -2.25. The van der Waals surface area contributed by atoms with Crippen molar-refractivity contribution in [3.63, 3.8) is 0 Å². The smallest absolute Gasteiger partial charge is 0.416 e. The highest BCUT2D eigenvalue weighted by Gasteiger charge is 2.30. The van der Waals surface area contributed by atoms with E-state index in [1.54, 1.807) is 19.1 Å². The van der Waals surface area contributed by atoms with Crippen LogP contribution in [0.1, 0.15) is 11.1 Å². The predicted octanol–water partition coefficient (Wildman–Crippen LogP) is 5.32. The summed E-state index contributed by atoms with van der Waals surface area (Å²) in [5, 5.41) is 11.5. The van der Waals surface area contributed by atoms with Gasteiger partial charge in [-0.2, -0.15) is 13.2 Å². The number of alkyl halides is 3. The summed E-state index contributed by atoms with van der Waals surface area (Å²) in [4.78, 5) is 0.924. The normalized spacial score (nSPS) is 12.8. The van der Waals surface area contributed by atoms with Crippen LogP contribution in [0.4, 0.5) is 13.2 Å². The van der Waals surface area contributed by atoms with E-state index < -0.39 is 11.7 Å². The molecule has 4 nitrogen and oxygen atoms in total. The summed E-state index contributed by atoms with van der Waals surface area (Å²) in [6.07, 6.45) is -4.72. The van der Waals surface area contributed by atoms with Crippen LogP contribution in [0.25, 0.3) is 0 Å². The highest BCUT2D eigenvalue weighted by molar-refractivity contribution is 7.99. The maximum absolute atomic E-state index is 12.6. The summed E-state index contributed by atoms with van der Waals surface area (Å²) < 4.78 is 53.8. The first-order valence-corrected chi connectivity index (χ1v) is 9.09. The van der Waals surface area contributed by atoms with Crippen LogP contribution < -0.4 is 4.74 Å². The molecule has 1 atom stereocenters. The Kier molecular flexibility index (Phi) is 7.82. The number of halogens is 3. The van der Waals surface area contributed by atoms with Crippen molar-refractivity contribution in [2.45, 2.75) is 24.1 Å². The van der Waals surface area contributed by atoms with Crippen molar-refractivity contribution in [2.75, 3.05) is 26.3 Å². The van der Waals surface area contributed by atoms with Gasteiger partial charge in [0.05, 0.1) is 5.56 Å². The number of methoxy groups -OCH3 is 1. The first-order chi connectivity index (χ1) is 12.8. The van der Waals surface area contributed by atoms with Crippen LogP contribution in [0.15, 0.2) is 47.4 Å². The van der Waals surface area contributed by atoms with Crippen molar-refractivity contribution in [1.82, 2.24) is 0 Å². The maximum Gasteiger partial charge on any atom is 0.416 e. The third-order valence-corrected chi connectivity index (χ3v) is 4.75. The van der Waals surface area contributed by atoms with E-state index in [1.165, 1.54) is 37.1 Å².